The molecule has 2 rings (SSSR count). The van der Waals surface area contributed by atoms with Crippen LogP contribution in [-0.2, 0) is 14.3 Å². The highest BCUT2D eigenvalue weighted by atomic mass is 16.5. The molecule has 0 saturated carbocycles. The topological polar surface area (TPSA) is 79.3 Å². The van der Waals surface area contributed by atoms with Gasteiger partial charge in [-0.3, -0.25) is 14.5 Å². The van der Waals surface area contributed by atoms with E-state index < -0.39 is 5.97 Å². The van der Waals surface area contributed by atoms with Crippen molar-refractivity contribution in [3.8, 4) is 5.75 Å². The smallest absolute Gasteiger partial charge is 0.317 e. The van der Waals surface area contributed by atoms with E-state index in [1.54, 1.807) is 16.8 Å². The summed E-state index contributed by atoms with van der Waals surface area (Å²) >= 11 is 0. The minimum atomic E-state index is -0.871. The molecule has 0 aromatic heterocycles. The average molecular weight is 364 g/mol. The van der Waals surface area contributed by atoms with Crippen molar-refractivity contribution in [2.45, 2.75) is 25.9 Å². The van der Waals surface area contributed by atoms with Crippen LogP contribution in [0.1, 0.15) is 18.4 Å². The fraction of sp³-hybridized carbons (Fsp3) is 0.579. The van der Waals surface area contributed by atoms with Crippen molar-refractivity contribution in [3.05, 3.63) is 29.8 Å². The van der Waals surface area contributed by atoms with Gasteiger partial charge in [-0.15, -0.1) is 0 Å². The Balaban J connectivity index is 1.68. The van der Waals surface area contributed by atoms with E-state index in [0.29, 0.717) is 45.7 Å². The third-order valence-electron chi connectivity index (χ3n) is 4.21. The quantitative estimate of drug-likeness (QED) is 0.667. The van der Waals surface area contributed by atoms with Crippen LogP contribution in [0.3, 0.4) is 0 Å². The molecule has 1 N–H and O–H groups in total. The van der Waals surface area contributed by atoms with Crippen molar-refractivity contribution >= 4 is 11.9 Å². The highest BCUT2D eigenvalue weighted by Gasteiger charge is 2.25. The van der Waals surface area contributed by atoms with E-state index >= 15 is 0 Å². The van der Waals surface area contributed by atoms with Gasteiger partial charge >= 0.3 is 5.97 Å². The summed E-state index contributed by atoms with van der Waals surface area (Å²) in [6.07, 6.45) is 0.942. The molecular weight excluding hydrogens is 336 g/mol. The summed E-state index contributed by atoms with van der Waals surface area (Å²) in [5.74, 6) is 0.0437. The van der Waals surface area contributed by atoms with Gasteiger partial charge in [-0.2, -0.15) is 0 Å². The first-order valence-corrected chi connectivity index (χ1v) is 8.93. The Morgan fingerprint density at radius 2 is 2.23 bits per heavy atom. The maximum Gasteiger partial charge on any atom is 0.317 e. The summed E-state index contributed by atoms with van der Waals surface area (Å²) in [4.78, 5) is 26.6. The lowest BCUT2D eigenvalue weighted by Crippen LogP contribution is -2.49. The molecule has 144 valence electrons. The molecule has 26 heavy (non-hydrogen) atoms. The van der Waals surface area contributed by atoms with Gasteiger partial charge < -0.3 is 19.5 Å². The number of benzene rings is 1. The molecule has 0 aliphatic carbocycles. The molecule has 0 bridgehead atoms. The number of rotatable bonds is 9. The number of morpholine rings is 1. The van der Waals surface area contributed by atoms with Gasteiger partial charge in [0, 0.05) is 26.1 Å². The number of carboxylic acid groups (broad SMARTS) is 1. The van der Waals surface area contributed by atoms with E-state index in [-0.39, 0.29) is 18.6 Å². The van der Waals surface area contributed by atoms with Crippen LogP contribution in [0.5, 0.6) is 5.75 Å². The molecule has 0 radical (unpaired) electrons. The van der Waals surface area contributed by atoms with Crippen LogP contribution in [0.4, 0.5) is 0 Å². The Labute approximate surface area is 154 Å². The predicted molar refractivity (Wildman–Crippen MR) is 97.4 cm³/mol. The normalized spacial score (nSPS) is 17.3. The Hall–Kier alpha value is -2.12. The fourth-order valence-electron chi connectivity index (χ4n) is 2.98. The van der Waals surface area contributed by atoms with Crippen molar-refractivity contribution in [2.75, 3.05) is 46.4 Å². The molecule has 1 heterocycles. The molecule has 1 atom stereocenters. The molecular formula is C19H28N2O5. The Morgan fingerprint density at radius 3 is 2.96 bits per heavy atom. The number of aryl methyl sites for hydroxylation is 1. The second-order valence-corrected chi connectivity index (χ2v) is 6.69. The first kappa shape index (κ1) is 20.2. The molecule has 0 spiro atoms. The first-order valence-electron chi connectivity index (χ1n) is 8.93. The van der Waals surface area contributed by atoms with Crippen molar-refractivity contribution < 1.29 is 24.2 Å². The van der Waals surface area contributed by atoms with Gasteiger partial charge in [0.05, 0.1) is 25.9 Å². The van der Waals surface area contributed by atoms with E-state index in [0.717, 1.165) is 11.3 Å². The lowest BCUT2D eigenvalue weighted by Gasteiger charge is -2.34. The Kier molecular flexibility index (Phi) is 7.87. The van der Waals surface area contributed by atoms with Gasteiger partial charge in [0.2, 0.25) is 5.91 Å². The summed E-state index contributed by atoms with van der Waals surface area (Å²) in [5, 5.41) is 8.81. The highest BCUT2D eigenvalue weighted by Crippen LogP contribution is 2.13. The van der Waals surface area contributed by atoms with Crippen molar-refractivity contribution in [1.29, 1.82) is 0 Å². The maximum absolute atomic E-state index is 12.4. The second-order valence-electron chi connectivity index (χ2n) is 6.69. The van der Waals surface area contributed by atoms with E-state index in [1.807, 2.05) is 31.2 Å². The van der Waals surface area contributed by atoms with Gasteiger partial charge in [0.15, 0.2) is 0 Å². The zero-order valence-corrected chi connectivity index (χ0v) is 15.5. The SMILES string of the molecule is Cc1cccc(OCCCC(=O)N2CCOC(CN(C)CC(=O)O)C2)c1. The Bertz CT molecular complexity index is 607. The summed E-state index contributed by atoms with van der Waals surface area (Å²) < 4.78 is 11.3. The number of carbonyl (C=O) groups excluding carboxylic acids is 1. The third kappa shape index (κ3) is 7.01. The zero-order valence-electron chi connectivity index (χ0n) is 15.5. The van der Waals surface area contributed by atoms with Crippen LogP contribution in [0.25, 0.3) is 0 Å². The van der Waals surface area contributed by atoms with Gasteiger partial charge in [0.25, 0.3) is 0 Å². The Morgan fingerprint density at radius 1 is 1.42 bits per heavy atom. The monoisotopic (exact) mass is 364 g/mol. The summed E-state index contributed by atoms with van der Waals surface area (Å²) in [7, 11) is 1.74. The number of nitrogens with zero attached hydrogens (tertiary/aromatic N) is 2. The van der Waals surface area contributed by atoms with Gasteiger partial charge in [0.1, 0.15) is 5.75 Å². The van der Waals surface area contributed by atoms with Crippen molar-refractivity contribution in [2.24, 2.45) is 0 Å². The van der Waals surface area contributed by atoms with Crippen LogP contribution in [-0.4, -0.2) is 79.3 Å². The lowest BCUT2D eigenvalue weighted by atomic mass is 10.2. The van der Waals surface area contributed by atoms with Gasteiger partial charge in [-0.1, -0.05) is 12.1 Å². The molecule has 1 aliphatic rings. The molecule has 1 aromatic carbocycles. The maximum atomic E-state index is 12.4. The third-order valence-corrected chi connectivity index (χ3v) is 4.21. The van der Waals surface area contributed by atoms with E-state index in [1.165, 1.54) is 0 Å². The fourth-order valence-corrected chi connectivity index (χ4v) is 2.98. The highest BCUT2D eigenvalue weighted by molar-refractivity contribution is 5.76. The van der Waals surface area contributed by atoms with Gasteiger partial charge in [-0.05, 0) is 38.1 Å². The largest absolute Gasteiger partial charge is 0.494 e. The molecule has 1 aliphatic heterocycles. The number of ether oxygens (including phenoxy) is 2. The van der Waals surface area contributed by atoms with Crippen LogP contribution in [0, 0.1) is 6.92 Å². The predicted octanol–water partition coefficient (Wildman–Crippen LogP) is 1.40. The second kappa shape index (κ2) is 10.1. The van der Waals surface area contributed by atoms with Crippen molar-refractivity contribution in [3.63, 3.8) is 0 Å². The van der Waals surface area contributed by atoms with Gasteiger partial charge in [-0.25, -0.2) is 0 Å². The van der Waals surface area contributed by atoms with E-state index in [9.17, 15) is 9.59 Å². The molecule has 7 heteroatoms. The minimum Gasteiger partial charge on any atom is -0.494 e. The molecule has 1 saturated heterocycles. The van der Waals surface area contributed by atoms with E-state index in [4.69, 9.17) is 14.6 Å². The van der Waals surface area contributed by atoms with Crippen LogP contribution in [0.2, 0.25) is 0 Å². The van der Waals surface area contributed by atoms with Crippen LogP contribution < -0.4 is 4.74 Å². The first-order chi connectivity index (χ1) is 12.4. The summed E-state index contributed by atoms with van der Waals surface area (Å²) in [6, 6.07) is 7.85. The minimum absolute atomic E-state index is 0.0376. The zero-order chi connectivity index (χ0) is 18.9. The molecule has 1 aromatic rings. The number of carbonyl (C=O) groups is 2. The standard InChI is InChI=1S/C19H28N2O5/c1-15-5-3-6-16(11-15)25-9-4-7-18(22)21-8-10-26-17(13-21)12-20(2)14-19(23)24/h3,5-6,11,17H,4,7-10,12-14H2,1-2H3,(H,23,24). The number of amides is 1. The van der Waals surface area contributed by atoms with Crippen LogP contribution in [0.15, 0.2) is 24.3 Å². The number of likely N-dealkylation sites (N-methyl/N-ethyl adjacent to an activating group) is 1. The molecule has 7 nitrogen and oxygen atoms in total. The molecule has 1 fully saturated rings. The number of hydrogen-bond donors (Lipinski definition) is 1. The van der Waals surface area contributed by atoms with Crippen LogP contribution >= 0.6 is 0 Å². The molecule has 1 unspecified atom stereocenters. The number of aliphatic carboxylic acids is 1. The average Bonchev–Trinajstić information content (AvgIpc) is 2.58. The summed E-state index contributed by atoms with van der Waals surface area (Å²) in [5.41, 5.74) is 1.14. The van der Waals surface area contributed by atoms with Crippen molar-refractivity contribution in [1.82, 2.24) is 9.80 Å². The lowest BCUT2D eigenvalue weighted by molar-refractivity contribution is -0.142. The van der Waals surface area contributed by atoms with E-state index in [2.05, 4.69) is 0 Å². The number of hydrogen-bond acceptors (Lipinski definition) is 5. The summed E-state index contributed by atoms with van der Waals surface area (Å²) in [6.45, 7) is 4.54. The number of carboxylic acids is 1. The molecule has 1 amide bonds.